The van der Waals surface area contributed by atoms with Crippen molar-refractivity contribution in [2.45, 2.75) is 13.1 Å². The number of hydrogen-bond acceptors (Lipinski definition) is 3. The van der Waals surface area contributed by atoms with Gasteiger partial charge in [0.15, 0.2) is 0 Å². The van der Waals surface area contributed by atoms with E-state index in [2.05, 4.69) is 0 Å². The second-order valence-corrected chi connectivity index (χ2v) is 4.70. The summed E-state index contributed by atoms with van der Waals surface area (Å²) in [7, 11) is 1.80. The van der Waals surface area contributed by atoms with Crippen LogP contribution in [0.1, 0.15) is 11.1 Å². The third-order valence-corrected chi connectivity index (χ3v) is 3.20. The zero-order valence-electron chi connectivity index (χ0n) is 10.5. The minimum atomic E-state index is -0.270. The Morgan fingerprint density at radius 1 is 1.28 bits per heavy atom. The molecule has 1 amide bonds. The number of nitrogens with zero attached hydrogens (tertiary/aromatic N) is 2. The molecule has 0 radical (unpaired) electrons. The Kier molecular flexibility index (Phi) is 3.93. The Labute approximate surface area is 106 Å². The molecule has 4 nitrogen and oxygen atoms in total. The van der Waals surface area contributed by atoms with Crippen LogP contribution < -0.4 is 5.73 Å². The molecule has 18 heavy (non-hydrogen) atoms. The number of hydrogen-bond donors (Lipinski definition) is 1. The summed E-state index contributed by atoms with van der Waals surface area (Å²) in [6, 6.07) is 4.84. The summed E-state index contributed by atoms with van der Waals surface area (Å²) in [5.74, 6) is -0.162. The number of amides is 1. The maximum absolute atomic E-state index is 13.4. The number of carbonyl (C=O) groups is 1. The fourth-order valence-electron chi connectivity index (χ4n) is 2.13. The van der Waals surface area contributed by atoms with E-state index in [1.54, 1.807) is 11.9 Å². The van der Waals surface area contributed by atoms with Gasteiger partial charge in [0.1, 0.15) is 5.82 Å². The number of likely N-dealkylation sites (N-methyl/N-ethyl adjacent to an activating group) is 1. The number of halogens is 1. The van der Waals surface area contributed by atoms with E-state index in [1.165, 1.54) is 12.1 Å². The molecule has 0 bridgehead atoms. The maximum atomic E-state index is 13.4. The first-order chi connectivity index (χ1) is 8.58. The molecule has 0 aliphatic carbocycles. The zero-order valence-corrected chi connectivity index (χ0v) is 10.5. The highest BCUT2D eigenvalue weighted by Gasteiger charge is 2.20. The van der Waals surface area contributed by atoms with Crippen LogP contribution in [-0.2, 0) is 17.9 Å². The van der Waals surface area contributed by atoms with E-state index >= 15 is 0 Å². The van der Waals surface area contributed by atoms with Gasteiger partial charge in [0.05, 0.1) is 6.54 Å². The lowest BCUT2D eigenvalue weighted by atomic mass is 10.1. The average molecular weight is 251 g/mol. The first kappa shape index (κ1) is 13.0. The predicted octanol–water partition coefficient (Wildman–Crippen LogP) is 0.558. The molecule has 0 aromatic heterocycles. The van der Waals surface area contributed by atoms with E-state index in [0.717, 1.165) is 24.2 Å². The fraction of sp³-hybridized carbons (Fsp3) is 0.462. The molecule has 1 heterocycles. The van der Waals surface area contributed by atoms with Crippen molar-refractivity contribution >= 4 is 5.91 Å². The van der Waals surface area contributed by atoms with Crippen molar-refractivity contribution < 1.29 is 9.18 Å². The summed E-state index contributed by atoms with van der Waals surface area (Å²) in [6.45, 7) is 2.84. The smallest absolute Gasteiger partial charge is 0.236 e. The van der Waals surface area contributed by atoms with Gasteiger partial charge in [0.2, 0.25) is 5.91 Å². The normalized spacial score (nSPS) is 17.3. The second kappa shape index (κ2) is 5.46. The predicted molar refractivity (Wildman–Crippen MR) is 67.2 cm³/mol. The molecule has 0 saturated carbocycles. The Morgan fingerprint density at radius 3 is 2.67 bits per heavy atom. The molecule has 98 valence electrons. The van der Waals surface area contributed by atoms with Crippen molar-refractivity contribution in [3.63, 3.8) is 0 Å². The molecule has 1 aromatic carbocycles. The van der Waals surface area contributed by atoms with Gasteiger partial charge < -0.3 is 10.6 Å². The summed E-state index contributed by atoms with van der Waals surface area (Å²) < 4.78 is 13.4. The van der Waals surface area contributed by atoms with E-state index < -0.39 is 0 Å². The van der Waals surface area contributed by atoms with Crippen LogP contribution in [0.3, 0.4) is 0 Å². The minimum Gasteiger partial charge on any atom is -0.343 e. The lowest BCUT2D eigenvalue weighted by molar-refractivity contribution is -0.134. The molecule has 0 spiro atoms. The third-order valence-electron chi connectivity index (χ3n) is 3.20. The van der Waals surface area contributed by atoms with Gasteiger partial charge in [-0.3, -0.25) is 9.69 Å². The highest BCUT2D eigenvalue weighted by Crippen LogP contribution is 2.13. The average Bonchev–Trinajstić information content (AvgIpc) is 2.33. The number of rotatable bonds is 3. The number of benzene rings is 1. The minimum absolute atomic E-state index is 0.108. The fourth-order valence-corrected chi connectivity index (χ4v) is 2.13. The van der Waals surface area contributed by atoms with Gasteiger partial charge in [-0.2, -0.15) is 0 Å². The highest BCUT2D eigenvalue weighted by molar-refractivity contribution is 5.78. The molecular weight excluding hydrogens is 233 g/mol. The Bertz CT molecular complexity index is 450. The molecule has 1 saturated heterocycles. The van der Waals surface area contributed by atoms with Gasteiger partial charge in [-0.05, 0) is 23.3 Å². The summed E-state index contributed by atoms with van der Waals surface area (Å²) in [5, 5.41) is 0. The van der Waals surface area contributed by atoms with E-state index in [-0.39, 0.29) is 11.7 Å². The maximum Gasteiger partial charge on any atom is 0.236 e. The van der Waals surface area contributed by atoms with Gasteiger partial charge in [0.25, 0.3) is 0 Å². The second-order valence-electron chi connectivity index (χ2n) is 4.70. The van der Waals surface area contributed by atoms with E-state index in [4.69, 9.17) is 5.73 Å². The third kappa shape index (κ3) is 3.05. The van der Waals surface area contributed by atoms with Crippen LogP contribution in [0.2, 0.25) is 0 Å². The molecule has 1 aliphatic rings. The van der Waals surface area contributed by atoms with E-state index in [9.17, 15) is 9.18 Å². The zero-order chi connectivity index (χ0) is 13.1. The van der Waals surface area contributed by atoms with Crippen LogP contribution in [0.4, 0.5) is 4.39 Å². The quantitative estimate of drug-likeness (QED) is 0.854. The van der Waals surface area contributed by atoms with Crippen LogP contribution in [0, 0.1) is 5.82 Å². The van der Waals surface area contributed by atoms with Crippen molar-refractivity contribution in [1.82, 2.24) is 9.80 Å². The van der Waals surface area contributed by atoms with Crippen molar-refractivity contribution in [2.24, 2.45) is 5.73 Å². The van der Waals surface area contributed by atoms with Crippen LogP contribution in [0.5, 0.6) is 0 Å². The van der Waals surface area contributed by atoms with Crippen LogP contribution in [0.15, 0.2) is 18.2 Å². The highest BCUT2D eigenvalue weighted by atomic mass is 19.1. The van der Waals surface area contributed by atoms with Crippen molar-refractivity contribution in [2.75, 3.05) is 26.7 Å². The van der Waals surface area contributed by atoms with Gasteiger partial charge >= 0.3 is 0 Å². The number of nitrogens with two attached hydrogens (primary N) is 1. The molecule has 1 aliphatic heterocycles. The van der Waals surface area contributed by atoms with E-state index in [0.29, 0.717) is 19.6 Å². The first-order valence-electron chi connectivity index (χ1n) is 6.03. The van der Waals surface area contributed by atoms with Gasteiger partial charge in [-0.15, -0.1) is 0 Å². The molecule has 0 atom stereocenters. The lowest BCUT2D eigenvalue weighted by Crippen LogP contribution is -2.47. The van der Waals surface area contributed by atoms with Gasteiger partial charge in [-0.25, -0.2) is 4.39 Å². The monoisotopic (exact) mass is 251 g/mol. The summed E-state index contributed by atoms with van der Waals surface area (Å²) in [4.78, 5) is 15.3. The van der Waals surface area contributed by atoms with Crippen LogP contribution >= 0.6 is 0 Å². The summed E-state index contributed by atoms with van der Waals surface area (Å²) in [6.07, 6.45) is 0. The largest absolute Gasteiger partial charge is 0.343 e. The number of carbonyl (C=O) groups excluding carboxylic acids is 1. The summed E-state index contributed by atoms with van der Waals surface area (Å²) >= 11 is 0. The lowest BCUT2D eigenvalue weighted by Gasteiger charge is -2.32. The van der Waals surface area contributed by atoms with Crippen LogP contribution in [-0.4, -0.2) is 42.4 Å². The van der Waals surface area contributed by atoms with Crippen LogP contribution in [0.25, 0.3) is 0 Å². The SMILES string of the molecule is CN1CCN(Cc2cc(F)cc(CN)c2)CC1=O. The van der Waals surface area contributed by atoms with Crippen molar-refractivity contribution in [3.05, 3.63) is 35.1 Å². The Balaban J connectivity index is 2.05. The number of piperazine rings is 1. The molecule has 2 N–H and O–H groups in total. The Morgan fingerprint density at radius 2 is 2.00 bits per heavy atom. The standard InChI is InChI=1S/C13H18FN3O/c1-16-2-3-17(9-13(16)18)8-11-4-10(7-15)5-12(14)6-11/h4-6H,2-3,7-9,15H2,1H3. The van der Waals surface area contributed by atoms with Gasteiger partial charge in [-0.1, -0.05) is 6.07 Å². The summed E-state index contributed by atoms with van der Waals surface area (Å²) in [5.41, 5.74) is 7.17. The topological polar surface area (TPSA) is 49.6 Å². The molecule has 0 unspecified atom stereocenters. The molecule has 5 heteroatoms. The molecule has 1 aromatic rings. The molecular formula is C13H18FN3O. The van der Waals surface area contributed by atoms with Crippen molar-refractivity contribution in [3.8, 4) is 0 Å². The first-order valence-corrected chi connectivity index (χ1v) is 6.03. The van der Waals surface area contributed by atoms with E-state index in [1.807, 2.05) is 11.0 Å². The van der Waals surface area contributed by atoms with Crippen molar-refractivity contribution in [1.29, 1.82) is 0 Å². The van der Waals surface area contributed by atoms with Gasteiger partial charge in [0, 0.05) is 33.2 Å². The Hall–Kier alpha value is -1.46. The molecule has 2 rings (SSSR count). The molecule has 1 fully saturated rings.